The molecule has 3 rings (SSSR count). The van der Waals surface area contributed by atoms with Gasteiger partial charge in [-0.2, -0.15) is 0 Å². The first kappa shape index (κ1) is 17.3. The maximum Gasteiger partial charge on any atom is 0.188 e. The first-order valence-electron chi connectivity index (χ1n) is 7.44. The molecular weight excluding hydrogens is 361 g/mol. The largest absolute Gasteiger partial charge is 0.488 e. The highest BCUT2D eigenvalue weighted by Gasteiger charge is 2.14. The van der Waals surface area contributed by atoms with Gasteiger partial charge in [0, 0.05) is 28.0 Å². The van der Waals surface area contributed by atoms with Crippen molar-refractivity contribution >= 4 is 29.0 Å². The number of benzene rings is 2. The van der Waals surface area contributed by atoms with Gasteiger partial charge in [-0.05, 0) is 24.3 Å². The van der Waals surface area contributed by atoms with Crippen LogP contribution in [0.25, 0.3) is 0 Å². The summed E-state index contributed by atoms with van der Waals surface area (Å²) in [6.45, 7) is 0.303. The van der Waals surface area contributed by atoms with E-state index in [-0.39, 0.29) is 0 Å². The average Bonchev–Trinajstić information content (AvgIpc) is 3.14. The monoisotopic (exact) mass is 375 g/mol. The van der Waals surface area contributed by atoms with Gasteiger partial charge in [0.1, 0.15) is 25.8 Å². The number of para-hydroxylation sites is 1. The lowest BCUT2D eigenvalue weighted by molar-refractivity contribution is 0.212. The molecule has 1 aromatic heterocycles. The Morgan fingerprint density at radius 2 is 2.04 bits per heavy atom. The van der Waals surface area contributed by atoms with Gasteiger partial charge < -0.3 is 9.57 Å². The molecule has 3 aromatic rings. The molecule has 0 aliphatic rings. The Morgan fingerprint density at radius 1 is 1.20 bits per heavy atom. The number of oxime groups is 1. The van der Waals surface area contributed by atoms with Gasteiger partial charge in [0.05, 0.1) is 5.56 Å². The van der Waals surface area contributed by atoms with Crippen LogP contribution in [0.4, 0.5) is 0 Å². The number of ether oxygens (including phenoxy) is 1. The van der Waals surface area contributed by atoms with E-state index in [9.17, 15) is 0 Å². The number of hydrogen-bond acceptors (Lipinski definition) is 4. The molecule has 0 fully saturated rings. The second-order valence-corrected chi connectivity index (χ2v) is 5.93. The molecule has 25 heavy (non-hydrogen) atoms. The highest BCUT2D eigenvalue weighted by molar-refractivity contribution is 6.35. The van der Waals surface area contributed by atoms with Gasteiger partial charge in [-0.1, -0.05) is 46.6 Å². The Hall–Kier alpha value is -2.50. The van der Waals surface area contributed by atoms with Crippen molar-refractivity contribution < 1.29 is 9.57 Å². The lowest BCUT2D eigenvalue weighted by atomic mass is 10.1. The molecule has 0 N–H and O–H groups in total. The third-order valence-electron chi connectivity index (χ3n) is 3.45. The summed E-state index contributed by atoms with van der Waals surface area (Å²) in [6, 6.07) is 12.9. The Bertz CT molecular complexity index is 880. The lowest BCUT2D eigenvalue weighted by Gasteiger charge is -2.14. The van der Waals surface area contributed by atoms with Crippen molar-refractivity contribution in [1.29, 1.82) is 0 Å². The summed E-state index contributed by atoms with van der Waals surface area (Å²) in [7, 11) is 1.49. The molecular formula is C18H15Cl2N3O2. The lowest BCUT2D eigenvalue weighted by Crippen LogP contribution is -2.14. The van der Waals surface area contributed by atoms with Crippen LogP contribution in [0.15, 0.2) is 66.3 Å². The minimum atomic E-state index is 0.303. The fourth-order valence-electron chi connectivity index (χ4n) is 2.28. The van der Waals surface area contributed by atoms with Crippen LogP contribution in [0.5, 0.6) is 5.75 Å². The van der Waals surface area contributed by atoms with Crippen LogP contribution in [0.1, 0.15) is 11.1 Å². The molecule has 0 saturated carbocycles. The molecule has 5 nitrogen and oxygen atoms in total. The second-order valence-electron chi connectivity index (χ2n) is 5.09. The highest BCUT2D eigenvalue weighted by Crippen LogP contribution is 2.25. The topological polar surface area (TPSA) is 48.6 Å². The Balaban J connectivity index is 1.89. The third kappa shape index (κ3) is 4.13. The van der Waals surface area contributed by atoms with Crippen molar-refractivity contribution in [2.45, 2.75) is 6.61 Å². The van der Waals surface area contributed by atoms with Crippen molar-refractivity contribution in [3.8, 4) is 5.75 Å². The maximum atomic E-state index is 6.21. The number of halogens is 2. The van der Waals surface area contributed by atoms with Crippen LogP contribution in [0.2, 0.25) is 10.0 Å². The second kappa shape index (κ2) is 8.05. The Kier molecular flexibility index (Phi) is 5.58. The minimum absolute atomic E-state index is 0.303. The number of rotatable bonds is 5. The number of nitrogens with zero attached hydrogens (tertiary/aromatic N) is 3. The zero-order valence-electron chi connectivity index (χ0n) is 13.4. The summed E-state index contributed by atoms with van der Waals surface area (Å²) >= 11 is 12.1. The highest BCUT2D eigenvalue weighted by atomic mass is 35.5. The fourth-order valence-corrected chi connectivity index (χ4v) is 2.74. The van der Waals surface area contributed by atoms with Gasteiger partial charge >= 0.3 is 0 Å². The predicted octanol–water partition coefficient (Wildman–Crippen LogP) is 4.63. The quantitative estimate of drug-likeness (QED) is 0.371. The maximum absolute atomic E-state index is 6.21. The van der Waals surface area contributed by atoms with Gasteiger partial charge in [-0.25, -0.2) is 4.98 Å². The standard InChI is InChI=1S/C18H15Cl2N3O2/c1-24-22-18(23-9-8-21-12-23)15-4-2-3-5-17(15)25-11-13-6-7-14(19)10-16(13)20/h2-10,12H,11H2,1H3. The van der Waals surface area contributed by atoms with E-state index >= 15 is 0 Å². The van der Waals surface area contributed by atoms with Gasteiger partial charge in [-0.15, -0.1) is 0 Å². The average molecular weight is 376 g/mol. The van der Waals surface area contributed by atoms with Gasteiger partial charge in [0.2, 0.25) is 0 Å². The molecule has 0 saturated heterocycles. The number of hydrogen-bond donors (Lipinski definition) is 0. The minimum Gasteiger partial charge on any atom is -0.488 e. The van der Waals surface area contributed by atoms with Crippen LogP contribution >= 0.6 is 23.2 Å². The predicted molar refractivity (Wildman–Crippen MR) is 98.4 cm³/mol. The van der Waals surface area contributed by atoms with Crippen LogP contribution in [-0.4, -0.2) is 22.5 Å². The molecule has 7 heteroatoms. The van der Waals surface area contributed by atoms with Crippen molar-refractivity contribution in [2.24, 2.45) is 5.16 Å². The van der Waals surface area contributed by atoms with E-state index in [4.69, 9.17) is 32.8 Å². The molecule has 1 heterocycles. The van der Waals surface area contributed by atoms with E-state index in [0.29, 0.717) is 28.2 Å². The fraction of sp³-hybridized carbons (Fsp3) is 0.111. The zero-order chi connectivity index (χ0) is 17.6. The summed E-state index contributed by atoms with van der Waals surface area (Å²) in [5.41, 5.74) is 1.61. The first-order chi connectivity index (χ1) is 12.2. The number of aromatic nitrogens is 2. The molecule has 0 aliphatic heterocycles. The SMILES string of the molecule is CON=C(c1ccccc1OCc1ccc(Cl)cc1Cl)n1ccnc1. The van der Waals surface area contributed by atoms with Crippen molar-refractivity contribution in [3.63, 3.8) is 0 Å². The molecule has 0 unspecified atom stereocenters. The molecule has 128 valence electrons. The Labute approximate surface area is 155 Å². The van der Waals surface area contributed by atoms with Gasteiger partial charge in [0.25, 0.3) is 0 Å². The smallest absolute Gasteiger partial charge is 0.188 e. The molecule has 0 radical (unpaired) electrons. The van der Waals surface area contributed by atoms with Crippen LogP contribution < -0.4 is 4.74 Å². The first-order valence-corrected chi connectivity index (χ1v) is 8.20. The van der Waals surface area contributed by atoms with E-state index in [0.717, 1.165) is 11.1 Å². The van der Waals surface area contributed by atoms with Crippen molar-refractivity contribution in [1.82, 2.24) is 9.55 Å². The van der Waals surface area contributed by atoms with Gasteiger partial charge in [-0.3, -0.25) is 4.57 Å². The molecule has 0 aliphatic carbocycles. The van der Waals surface area contributed by atoms with E-state index in [1.807, 2.05) is 30.3 Å². The van der Waals surface area contributed by atoms with E-state index < -0.39 is 0 Å². The Morgan fingerprint density at radius 3 is 2.76 bits per heavy atom. The summed E-state index contributed by atoms with van der Waals surface area (Å²) in [5, 5.41) is 5.25. The van der Waals surface area contributed by atoms with Crippen molar-refractivity contribution in [3.05, 3.63) is 82.4 Å². The molecule has 2 aromatic carbocycles. The van der Waals surface area contributed by atoms with Crippen LogP contribution in [-0.2, 0) is 11.4 Å². The van der Waals surface area contributed by atoms with Crippen LogP contribution in [0.3, 0.4) is 0 Å². The van der Waals surface area contributed by atoms with Crippen molar-refractivity contribution in [2.75, 3.05) is 7.11 Å². The van der Waals surface area contributed by atoms with Crippen LogP contribution in [0, 0.1) is 0 Å². The summed E-state index contributed by atoms with van der Waals surface area (Å²) in [4.78, 5) is 9.03. The van der Waals surface area contributed by atoms with E-state index in [2.05, 4.69) is 10.1 Å². The molecule has 0 spiro atoms. The summed E-state index contributed by atoms with van der Waals surface area (Å²) in [5.74, 6) is 1.22. The third-order valence-corrected chi connectivity index (χ3v) is 4.04. The van der Waals surface area contributed by atoms with E-state index in [1.54, 1.807) is 35.4 Å². The zero-order valence-corrected chi connectivity index (χ0v) is 14.9. The number of imidazole rings is 1. The molecule has 0 atom stereocenters. The normalized spacial score (nSPS) is 11.4. The van der Waals surface area contributed by atoms with Gasteiger partial charge in [0.15, 0.2) is 5.84 Å². The summed E-state index contributed by atoms with van der Waals surface area (Å²) < 4.78 is 7.72. The van der Waals surface area contributed by atoms with E-state index in [1.165, 1.54) is 7.11 Å². The molecule has 0 amide bonds. The molecule has 0 bridgehead atoms. The summed E-state index contributed by atoms with van der Waals surface area (Å²) in [6.07, 6.45) is 5.09.